The zero-order valence-electron chi connectivity index (χ0n) is 59.2. The number of aliphatic hydroxyl groups is 8. The molecule has 93 heavy (non-hydrogen) atoms. The van der Waals surface area contributed by atoms with E-state index in [9.17, 15) is 45.6 Å². The van der Waals surface area contributed by atoms with Crippen LogP contribution in [-0.2, 0) is 23.7 Å². The molecule has 14 nitrogen and oxygen atoms in total. The van der Waals surface area contributed by atoms with E-state index in [1.165, 1.54) is 238 Å². The molecule has 12 atom stereocenters. The average Bonchev–Trinajstić information content (AvgIpc) is 0.854. The van der Waals surface area contributed by atoms with Crippen LogP contribution in [0.3, 0.4) is 0 Å². The van der Waals surface area contributed by atoms with Crippen LogP contribution in [0, 0.1) is 0 Å². The number of unbranched alkanes of at least 4 members (excludes halogenated alkanes) is 41. The summed E-state index contributed by atoms with van der Waals surface area (Å²) in [4.78, 5) is 13.4. The van der Waals surface area contributed by atoms with Crippen molar-refractivity contribution in [1.82, 2.24) is 5.32 Å². The van der Waals surface area contributed by atoms with Crippen LogP contribution in [0.4, 0.5) is 0 Å². The van der Waals surface area contributed by atoms with Crippen molar-refractivity contribution in [2.45, 2.75) is 402 Å². The SMILES string of the molecule is CC/C=C\C/C=C\C/C=C\C/C=C\CCCCCCCCCCCCCCCCCCCCCCCCCCCCC(=O)NC(COC1OC(CO)C(OC2OC(CO)C(O)C(O)C2O)C(O)C1O)C(O)/C=C/CC/C=C/CCCCCCCCCCCCCCCC. The molecule has 0 bridgehead atoms. The molecule has 2 aliphatic heterocycles. The summed E-state index contributed by atoms with van der Waals surface area (Å²) in [5.74, 6) is -0.244. The lowest BCUT2D eigenvalue weighted by atomic mass is 9.97. The van der Waals surface area contributed by atoms with Gasteiger partial charge in [-0.05, 0) is 70.6 Å². The van der Waals surface area contributed by atoms with E-state index in [-0.39, 0.29) is 18.9 Å². The third kappa shape index (κ3) is 46.4. The van der Waals surface area contributed by atoms with Crippen LogP contribution in [0.5, 0.6) is 0 Å². The fourth-order valence-corrected chi connectivity index (χ4v) is 12.5. The van der Waals surface area contributed by atoms with Crippen molar-refractivity contribution in [2.75, 3.05) is 19.8 Å². The van der Waals surface area contributed by atoms with Gasteiger partial charge in [0.25, 0.3) is 0 Å². The van der Waals surface area contributed by atoms with E-state index in [0.29, 0.717) is 12.8 Å². The molecular formula is C79H143NO13. The zero-order valence-corrected chi connectivity index (χ0v) is 59.2. The average molecular weight is 1320 g/mol. The van der Waals surface area contributed by atoms with Crippen LogP contribution in [0.2, 0.25) is 0 Å². The molecule has 9 N–H and O–H groups in total. The lowest BCUT2D eigenvalue weighted by Gasteiger charge is -2.46. The minimum Gasteiger partial charge on any atom is -0.394 e. The number of carbonyl (C=O) groups is 1. The van der Waals surface area contributed by atoms with Gasteiger partial charge in [0.05, 0.1) is 32.0 Å². The molecular weight excluding hydrogens is 1170 g/mol. The Balaban J connectivity index is 1.58. The molecule has 2 heterocycles. The first-order valence-electron chi connectivity index (χ1n) is 38.7. The molecule has 0 aromatic heterocycles. The molecule has 2 aliphatic rings. The molecule has 12 unspecified atom stereocenters. The van der Waals surface area contributed by atoms with Crippen LogP contribution in [0.15, 0.2) is 72.9 Å². The number of rotatable bonds is 64. The van der Waals surface area contributed by atoms with E-state index in [0.717, 1.165) is 57.8 Å². The minimum atomic E-state index is -1.79. The number of hydrogen-bond donors (Lipinski definition) is 9. The van der Waals surface area contributed by atoms with Crippen molar-refractivity contribution in [3.63, 3.8) is 0 Å². The summed E-state index contributed by atoms with van der Waals surface area (Å²) in [6.07, 6.45) is 69.9. The lowest BCUT2D eigenvalue weighted by molar-refractivity contribution is -0.359. The van der Waals surface area contributed by atoms with E-state index in [1.54, 1.807) is 6.08 Å². The van der Waals surface area contributed by atoms with E-state index in [2.05, 4.69) is 79.9 Å². The van der Waals surface area contributed by atoms with Crippen LogP contribution in [0.1, 0.15) is 328 Å². The summed E-state index contributed by atoms with van der Waals surface area (Å²) < 4.78 is 22.9. The summed E-state index contributed by atoms with van der Waals surface area (Å²) >= 11 is 0. The third-order valence-corrected chi connectivity index (χ3v) is 18.6. The fraction of sp³-hybridized carbons (Fsp3) is 0.835. The summed E-state index contributed by atoms with van der Waals surface area (Å²) in [7, 11) is 0. The molecule has 14 heteroatoms. The predicted octanol–water partition coefficient (Wildman–Crippen LogP) is 17.0. The second-order valence-corrected chi connectivity index (χ2v) is 27.1. The number of amides is 1. The maximum absolute atomic E-state index is 13.4. The van der Waals surface area contributed by atoms with Crippen LogP contribution >= 0.6 is 0 Å². The molecule has 2 rings (SSSR count). The zero-order chi connectivity index (χ0) is 67.3. The Bertz CT molecular complexity index is 1840. The van der Waals surface area contributed by atoms with Gasteiger partial charge in [-0.25, -0.2) is 0 Å². The van der Waals surface area contributed by atoms with Gasteiger partial charge in [-0.1, -0.05) is 324 Å². The molecule has 0 aliphatic carbocycles. The molecule has 1 amide bonds. The highest BCUT2D eigenvalue weighted by molar-refractivity contribution is 5.76. The number of allylic oxidation sites excluding steroid dienone is 11. The maximum atomic E-state index is 13.4. The summed E-state index contributed by atoms with van der Waals surface area (Å²) in [6, 6.07) is -0.933. The molecule has 2 saturated heterocycles. The largest absolute Gasteiger partial charge is 0.394 e. The molecule has 2 fully saturated rings. The Morgan fingerprint density at radius 1 is 0.398 bits per heavy atom. The normalized spacial score (nSPS) is 22.9. The Hall–Kier alpha value is -2.57. The molecule has 0 aromatic rings. The highest BCUT2D eigenvalue weighted by Gasteiger charge is 2.51. The van der Waals surface area contributed by atoms with Crippen molar-refractivity contribution < 1.29 is 64.6 Å². The number of ether oxygens (including phenoxy) is 4. The topological polar surface area (TPSA) is 228 Å². The smallest absolute Gasteiger partial charge is 0.220 e. The van der Waals surface area contributed by atoms with E-state index >= 15 is 0 Å². The fourth-order valence-electron chi connectivity index (χ4n) is 12.5. The van der Waals surface area contributed by atoms with Gasteiger partial charge in [0.15, 0.2) is 12.6 Å². The molecule has 0 saturated carbocycles. The first-order chi connectivity index (χ1) is 45.6. The number of hydrogen-bond acceptors (Lipinski definition) is 13. The number of aliphatic hydroxyl groups excluding tert-OH is 8. The van der Waals surface area contributed by atoms with Crippen molar-refractivity contribution in [3.05, 3.63) is 72.9 Å². The van der Waals surface area contributed by atoms with E-state index in [4.69, 9.17) is 18.9 Å². The minimum absolute atomic E-state index is 0.244. The summed E-state index contributed by atoms with van der Waals surface area (Å²) in [5, 5.41) is 87.5. The standard InChI is InChI=1S/C79H143NO13/c1-3-5-7-9-11-13-15-17-19-21-23-25-26-27-28-29-30-31-32-33-34-35-36-37-38-39-40-41-42-43-45-47-49-51-53-55-57-59-61-63-71(84)80-67(68(83)62-60-58-56-54-52-50-48-46-44-24-22-20-18-16-14-12-10-8-6-4-2)66-90-78-76(89)74(87)77(70(65-82)92-78)93-79-75(88)73(86)72(85)69(64-81)91-79/h5,7,11,13,17,19,23,25,52,54,60,62,67-70,72-79,81-83,85-89H,3-4,6,8-10,12,14-16,18,20-22,24,26-51,53,55-59,61,63-66H2,1-2H3,(H,80,84)/b7-5-,13-11-,19-17-,25-23-,54-52+,62-60+. The molecule has 0 spiro atoms. The quantitative estimate of drug-likeness (QED) is 0.0204. The van der Waals surface area contributed by atoms with Crippen LogP contribution in [-0.4, -0.2) is 140 Å². The Kier molecular flexibility index (Phi) is 58.5. The first kappa shape index (κ1) is 86.5. The van der Waals surface area contributed by atoms with E-state index < -0.39 is 86.8 Å². The number of nitrogens with one attached hydrogen (secondary N) is 1. The van der Waals surface area contributed by atoms with Crippen LogP contribution in [0.25, 0.3) is 0 Å². The van der Waals surface area contributed by atoms with Crippen molar-refractivity contribution in [3.8, 4) is 0 Å². The maximum Gasteiger partial charge on any atom is 0.220 e. The monoisotopic (exact) mass is 1310 g/mol. The Morgan fingerprint density at radius 3 is 1.18 bits per heavy atom. The molecule has 0 radical (unpaired) electrons. The second-order valence-electron chi connectivity index (χ2n) is 27.1. The van der Waals surface area contributed by atoms with Gasteiger partial charge in [-0.2, -0.15) is 0 Å². The predicted molar refractivity (Wildman–Crippen MR) is 383 cm³/mol. The third-order valence-electron chi connectivity index (χ3n) is 18.6. The van der Waals surface area contributed by atoms with Crippen LogP contribution < -0.4 is 5.32 Å². The van der Waals surface area contributed by atoms with Gasteiger partial charge in [-0.3, -0.25) is 4.79 Å². The second kappa shape index (κ2) is 62.9. The van der Waals surface area contributed by atoms with Gasteiger partial charge in [0, 0.05) is 6.42 Å². The lowest BCUT2D eigenvalue weighted by Crippen LogP contribution is -2.65. The molecule has 542 valence electrons. The van der Waals surface area contributed by atoms with Crippen molar-refractivity contribution in [2.24, 2.45) is 0 Å². The van der Waals surface area contributed by atoms with Gasteiger partial charge in [0.1, 0.15) is 48.8 Å². The van der Waals surface area contributed by atoms with Gasteiger partial charge in [-0.15, -0.1) is 0 Å². The Labute approximate surface area is 568 Å². The summed E-state index contributed by atoms with van der Waals surface area (Å²) in [5.41, 5.74) is 0. The van der Waals surface area contributed by atoms with Gasteiger partial charge >= 0.3 is 0 Å². The molecule has 0 aromatic carbocycles. The van der Waals surface area contributed by atoms with Crippen molar-refractivity contribution >= 4 is 5.91 Å². The van der Waals surface area contributed by atoms with Gasteiger partial charge < -0.3 is 65.1 Å². The number of carbonyl (C=O) groups excluding carboxylic acids is 1. The van der Waals surface area contributed by atoms with Gasteiger partial charge in [0.2, 0.25) is 5.91 Å². The summed E-state index contributed by atoms with van der Waals surface area (Å²) in [6.45, 7) is 2.71. The first-order valence-corrected chi connectivity index (χ1v) is 38.7. The van der Waals surface area contributed by atoms with Crippen molar-refractivity contribution in [1.29, 1.82) is 0 Å². The van der Waals surface area contributed by atoms with E-state index in [1.807, 2.05) is 6.08 Å². The highest BCUT2D eigenvalue weighted by atomic mass is 16.7. The highest BCUT2D eigenvalue weighted by Crippen LogP contribution is 2.30. The Morgan fingerprint density at radius 2 is 0.753 bits per heavy atom.